The van der Waals surface area contributed by atoms with E-state index in [1.807, 2.05) is 0 Å². The summed E-state index contributed by atoms with van der Waals surface area (Å²) in [5.74, 6) is 0. The van der Waals surface area contributed by atoms with Crippen LogP contribution in [0.4, 0.5) is 4.79 Å². The normalized spacial score (nSPS) is 13.5. The highest BCUT2D eigenvalue weighted by molar-refractivity contribution is 7.94. The molecule has 0 aliphatic rings. The van der Waals surface area contributed by atoms with E-state index in [1.165, 1.54) is 19.1 Å². The Morgan fingerprint density at radius 2 is 2.20 bits per heavy atom. The minimum Gasteiger partial charge on any atom is -0.430 e. The van der Waals surface area contributed by atoms with Crippen molar-refractivity contribution in [2.75, 3.05) is 0 Å². The van der Waals surface area contributed by atoms with Gasteiger partial charge >= 0.3 is 6.09 Å². The summed E-state index contributed by atoms with van der Waals surface area (Å²) in [6, 6.07) is 2.80. The van der Waals surface area contributed by atoms with E-state index >= 15 is 0 Å². The first-order chi connectivity index (χ1) is 6.84. The molecule has 84 valence electrons. The first-order valence-corrected chi connectivity index (χ1v) is 6.53. The van der Waals surface area contributed by atoms with Gasteiger partial charge in [-0.15, -0.1) is 11.3 Å². The molecule has 0 saturated heterocycles. The van der Waals surface area contributed by atoms with Crippen LogP contribution in [0.5, 0.6) is 0 Å². The maximum Gasteiger partial charge on any atom is 0.405 e. The topological polar surface area (TPSA) is 86.5 Å². The molecule has 0 radical (unpaired) electrons. The van der Waals surface area contributed by atoms with E-state index in [0.29, 0.717) is 4.34 Å². The molecule has 8 heteroatoms. The Morgan fingerprint density at radius 3 is 2.60 bits per heavy atom. The summed E-state index contributed by atoms with van der Waals surface area (Å²) in [4.78, 5) is 10.4. The molecule has 1 rings (SSSR count). The SMILES string of the molecule is CC(OC(N)=O)S(=O)(=O)c1ccc(Cl)s1. The fraction of sp³-hybridized carbons (Fsp3) is 0.286. The van der Waals surface area contributed by atoms with Crippen LogP contribution in [0.2, 0.25) is 4.34 Å². The Labute approximate surface area is 95.7 Å². The average Bonchev–Trinajstić information content (AvgIpc) is 2.50. The zero-order valence-electron chi connectivity index (χ0n) is 7.64. The molecule has 0 aromatic carbocycles. The van der Waals surface area contributed by atoms with Gasteiger partial charge < -0.3 is 10.5 Å². The van der Waals surface area contributed by atoms with Crippen molar-refractivity contribution in [3.63, 3.8) is 0 Å². The van der Waals surface area contributed by atoms with Crippen molar-refractivity contribution in [1.82, 2.24) is 0 Å². The van der Waals surface area contributed by atoms with Gasteiger partial charge in [0.25, 0.3) is 0 Å². The second-order valence-electron chi connectivity index (χ2n) is 2.61. The Balaban J connectivity index is 2.98. The van der Waals surface area contributed by atoms with Crippen molar-refractivity contribution in [1.29, 1.82) is 0 Å². The minimum atomic E-state index is -3.70. The number of nitrogens with two attached hydrogens (primary N) is 1. The second-order valence-corrected chi connectivity index (χ2v) is 6.78. The lowest BCUT2D eigenvalue weighted by Crippen LogP contribution is -2.27. The van der Waals surface area contributed by atoms with Gasteiger partial charge in [-0.1, -0.05) is 11.6 Å². The highest BCUT2D eigenvalue weighted by Gasteiger charge is 2.27. The fourth-order valence-corrected chi connectivity index (χ4v) is 3.70. The van der Waals surface area contributed by atoms with Gasteiger partial charge in [0.15, 0.2) is 0 Å². The number of amides is 1. The van der Waals surface area contributed by atoms with Crippen LogP contribution >= 0.6 is 22.9 Å². The molecule has 1 aromatic heterocycles. The molecule has 0 spiro atoms. The van der Waals surface area contributed by atoms with Crippen LogP contribution in [0.1, 0.15) is 6.92 Å². The Bertz CT molecular complexity index is 467. The lowest BCUT2D eigenvalue weighted by atomic mass is 10.7. The van der Waals surface area contributed by atoms with Gasteiger partial charge in [0.05, 0.1) is 4.34 Å². The number of ether oxygens (including phenoxy) is 1. The zero-order chi connectivity index (χ0) is 11.6. The van der Waals surface area contributed by atoms with Crippen LogP contribution < -0.4 is 5.73 Å². The first-order valence-electron chi connectivity index (χ1n) is 3.79. The summed E-state index contributed by atoms with van der Waals surface area (Å²) in [5.41, 5.74) is 3.41. The predicted octanol–water partition coefficient (Wildman–Crippen LogP) is 1.62. The van der Waals surface area contributed by atoms with Gasteiger partial charge in [-0.25, -0.2) is 13.2 Å². The quantitative estimate of drug-likeness (QED) is 0.903. The summed E-state index contributed by atoms with van der Waals surface area (Å²) in [5, 5.41) is 0. The molecule has 1 heterocycles. The molecule has 1 atom stereocenters. The van der Waals surface area contributed by atoms with Crippen LogP contribution in [0, 0.1) is 0 Å². The summed E-state index contributed by atoms with van der Waals surface area (Å²) in [6.45, 7) is 1.23. The average molecular weight is 270 g/mol. The lowest BCUT2D eigenvalue weighted by Gasteiger charge is -2.10. The third-order valence-electron chi connectivity index (χ3n) is 1.55. The summed E-state index contributed by atoms with van der Waals surface area (Å²) >= 11 is 6.49. The minimum absolute atomic E-state index is 0.0428. The van der Waals surface area contributed by atoms with Crippen molar-refractivity contribution in [3.05, 3.63) is 16.5 Å². The van der Waals surface area contributed by atoms with Gasteiger partial charge in [0.2, 0.25) is 15.3 Å². The summed E-state index contributed by atoms with van der Waals surface area (Å²) in [7, 11) is -3.70. The third-order valence-corrected chi connectivity index (χ3v) is 5.19. The molecular weight excluding hydrogens is 262 g/mol. The van der Waals surface area contributed by atoms with Gasteiger partial charge in [0.1, 0.15) is 4.21 Å². The lowest BCUT2D eigenvalue weighted by molar-refractivity contribution is 0.147. The first kappa shape index (κ1) is 12.3. The molecule has 1 aromatic rings. The van der Waals surface area contributed by atoms with E-state index in [2.05, 4.69) is 4.74 Å². The molecule has 0 bridgehead atoms. The summed E-state index contributed by atoms with van der Waals surface area (Å²) in [6.07, 6.45) is -1.13. The number of carbonyl (C=O) groups excluding carboxylic acids is 1. The smallest absolute Gasteiger partial charge is 0.405 e. The van der Waals surface area contributed by atoms with Crippen LogP contribution in [-0.4, -0.2) is 19.9 Å². The van der Waals surface area contributed by atoms with Crippen LogP contribution in [0.3, 0.4) is 0 Å². The van der Waals surface area contributed by atoms with Crippen molar-refractivity contribution in [3.8, 4) is 0 Å². The number of rotatable bonds is 3. The number of primary amides is 1. The van der Waals surface area contributed by atoms with Gasteiger partial charge in [-0.2, -0.15) is 0 Å². The van der Waals surface area contributed by atoms with Crippen molar-refractivity contribution in [2.45, 2.75) is 16.6 Å². The Hall–Kier alpha value is -0.790. The number of hydrogen-bond acceptors (Lipinski definition) is 5. The second kappa shape index (κ2) is 4.38. The van der Waals surface area contributed by atoms with Crippen molar-refractivity contribution >= 4 is 38.9 Å². The van der Waals surface area contributed by atoms with E-state index in [0.717, 1.165) is 11.3 Å². The summed E-state index contributed by atoms with van der Waals surface area (Å²) < 4.78 is 28.2. The highest BCUT2D eigenvalue weighted by atomic mass is 35.5. The third kappa shape index (κ3) is 2.83. The van der Waals surface area contributed by atoms with E-state index in [-0.39, 0.29) is 4.21 Å². The van der Waals surface area contributed by atoms with E-state index in [4.69, 9.17) is 17.3 Å². The predicted molar refractivity (Wildman–Crippen MR) is 56.6 cm³/mol. The molecule has 2 N–H and O–H groups in total. The van der Waals surface area contributed by atoms with Crippen molar-refractivity contribution < 1.29 is 17.9 Å². The molecule has 5 nitrogen and oxygen atoms in total. The molecule has 0 aliphatic heterocycles. The van der Waals surface area contributed by atoms with E-state index in [9.17, 15) is 13.2 Å². The molecule has 15 heavy (non-hydrogen) atoms. The standard InChI is InChI=1S/C7H8ClNO4S2/c1-4(13-7(9)10)15(11,12)6-3-2-5(8)14-6/h2-4H,1H3,(H2,9,10). The van der Waals surface area contributed by atoms with Crippen LogP contribution in [0.15, 0.2) is 16.3 Å². The number of sulfone groups is 1. The maximum atomic E-state index is 11.7. The van der Waals surface area contributed by atoms with Crippen molar-refractivity contribution in [2.24, 2.45) is 5.73 Å². The monoisotopic (exact) mass is 269 g/mol. The Morgan fingerprint density at radius 1 is 1.60 bits per heavy atom. The maximum absolute atomic E-state index is 11.7. The molecular formula is C7H8ClNO4S2. The van der Waals surface area contributed by atoms with E-state index < -0.39 is 21.4 Å². The molecule has 0 aliphatic carbocycles. The number of carbonyl (C=O) groups is 1. The number of hydrogen-bond donors (Lipinski definition) is 1. The molecule has 1 unspecified atom stereocenters. The molecule has 0 saturated carbocycles. The Kier molecular flexibility index (Phi) is 3.58. The largest absolute Gasteiger partial charge is 0.430 e. The zero-order valence-corrected chi connectivity index (χ0v) is 10.0. The van der Waals surface area contributed by atoms with Gasteiger partial charge in [-0.05, 0) is 19.1 Å². The van der Waals surface area contributed by atoms with Crippen LogP contribution in [0.25, 0.3) is 0 Å². The fourth-order valence-electron chi connectivity index (χ4n) is 0.841. The number of halogens is 1. The van der Waals surface area contributed by atoms with E-state index in [1.54, 1.807) is 0 Å². The molecule has 1 amide bonds. The number of thiophene rings is 1. The van der Waals surface area contributed by atoms with Gasteiger partial charge in [0, 0.05) is 0 Å². The highest BCUT2D eigenvalue weighted by Crippen LogP contribution is 2.28. The molecule has 0 fully saturated rings. The van der Waals surface area contributed by atoms with Gasteiger partial charge in [-0.3, -0.25) is 0 Å². The van der Waals surface area contributed by atoms with Crippen LogP contribution in [-0.2, 0) is 14.6 Å².